The van der Waals surface area contributed by atoms with Gasteiger partial charge in [0.1, 0.15) is 5.69 Å². The Labute approximate surface area is 120 Å². The predicted molar refractivity (Wildman–Crippen MR) is 78.5 cm³/mol. The number of methoxy groups -OCH3 is 1. The zero-order valence-electron chi connectivity index (χ0n) is 10.2. The van der Waals surface area contributed by atoms with Crippen molar-refractivity contribution in [1.29, 1.82) is 0 Å². The van der Waals surface area contributed by atoms with Gasteiger partial charge >= 0.3 is 0 Å². The molecule has 1 unspecified atom stereocenters. The van der Waals surface area contributed by atoms with Crippen molar-refractivity contribution in [3.63, 3.8) is 0 Å². The maximum Gasteiger partial charge on any atom is 0.237 e. The van der Waals surface area contributed by atoms with Crippen molar-refractivity contribution in [1.82, 2.24) is 9.97 Å². The highest BCUT2D eigenvalue weighted by Gasteiger charge is 2.19. The van der Waals surface area contributed by atoms with E-state index in [2.05, 4.69) is 45.5 Å². The molecule has 0 saturated carbocycles. The molecule has 18 heavy (non-hydrogen) atoms. The molecule has 4 nitrogen and oxygen atoms in total. The Morgan fingerprint density at radius 2 is 2.00 bits per heavy atom. The largest absolute Gasteiger partial charge is 0.480 e. The molecule has 1 aromatic carbocycles. The number of aromatic nitrogens is 2. The lowest BCUT2D eigenvalue weighted by Crippen LogP contribution is -2.17. The maximum atomic E-state index is 6.28. The molecule has 1 heterocycles. The van der Waals surface area contributed by atoms with Crippen LogP contribution in [0, 0.1) is 10.5 Å². The Hall–Kier alpha value is -1.21. The van der Waals surface area contributed by atoms with Crippen molar-refractivity contribution in [2.45, 2.75) is 13.0 Å². The summed E-state index contributed by atoms with van der Waals surface area (Å²) >= 11 is 2.30. The smallest absolute Gasteiger partial charge is 0.237 e. The van der Waals surface area contributed by atoms with Gasteiger partial charge in [0.15, 0.2) is 0 Å². The fourth-order valence-electron chi connectivity index (χ4n) is 1.76. The molecule has 94 valence electrons. The highest BCUT2D eigenvalue weighted by Crippen LogP contribution is 2.28. The second-order valence-corrected chi connectivity index (χ2v) is 4.99. The van der Waals surface area contributed by atoms with Crippen LogP contribution in [0.15, 0.2) is 30.6 Å². The van der Waals surface area contributed by atoms with Crippen molar-refractivity contribution in [3.05, 3.63) is 51.0 Å². The van der Waals surface area contributed by atoms with Gasteiger partial charge in [-0.3, -0.25) is 4.98 Å². The molecule has 0 aliphatic carbocycles. The lowest BCUT2D eigenvalue weighted by molar-refractivity contribution is 0.387. The molecule has 0 bridgehead atoms. The van der Waals surface area contributed by atoms with Gasteiger partial charge in [-0.1, -0.05) is 18.2 Å². The summed E-state index contributed by atoms with van der Waals surface area (Å²) in [6, 6.07) is 5.73. The first-order chi connectivity index (χ1) is 8.65. The third-order valence-corrected chi connectivity index (χ3v) is 4.21. The molecule has 2 N–H and O–H groups in total. The number of rotatable bonds is 3. The van der Waals surface area contributed by atoms with E-state index in [-0.39, 0.29) is 6.04 Å². The van der Waals surface area contributed by atoms with E-state index in [0.29, 0.717) is 11.6 Å². The summed E-state index contributed by atoms with van der Waals surface area (Å²) in [5.41, 5.74) is 9.17. The second-order valence-electron chi connectivity index (χ2n) is 3.91. The average molecular weight is 355 g/mol. The second kappa shape index (κ2) is 5.62. The van der Waals surface area contributed by atoms with E-state index in [1.165, 1.54) is 5.56 Å². The van der Waals surface area contributed by atoms with E-state index < -0.39 is 0 Å². The summed E-state index contributed by atoms with van der Waals surface area (Å²) in [6.45, 7) is 2.06. The number of halogens is 1. The van der Waals surface area contributed by atoms with E-state index >= 15 is 0 Å². The van der Waals surface area contributed by atoms with Crippen molar-refractivity contribution < 1.29 is 4.74 Å². The highest BCUT2D eigenvalue weighted by molar-refractivity contribution is 14.1. The van der Waals surface area contributed by atoms with E-state index in [1.807, 2.05) is 12.1 Å². The zero-order chi connectivity index (χ0) is 13.1. The van der Waals surface area contributed by atoms with Gasteiger partial charge in [0.2, 0.25) is 5.88 Å². The van der Waals surface area contributed by atoms with Crippen LogP contribution in [0.2, 0.25) is 0 Å². The number of aryl methyl sites for hydroxylation is 1. The van der Waals surface area contributed by atoms with Gasteiger partial charge in [0.25, 0.3) is 0 Å². The molecule has 2 aromatic rings. The van der Waals surface area contributed by atoms with Crippen LogP contribution in [0.3, 0.4) is 0 Å². The van der Waals surface area contributed by atoms with Crippen LogP contribution >= 0.6 is 22.6 Å². The first kappa shape index (κ1) is 13.2. The topological polar surface area (TPSA) is 61.0 Å². The van der Waals surface area contributed by atoms with Crippen molar-refractivity contribution >= 4 is 22.6 Å². The first-order valence-corrected chi connectivity index (χ1v) is 6.58. The van der Waals surface area contributed by atoms with E-state index in [4.69, 9.17) is 10.5 Å². The molecular formula is C13H14IN3O. The Kier molecular flexibility index (Phi) is 4.13. The van der Waals surface area contributed by atoms with Crippen LogP contribution in [0.25, 0.3) is 0 Å². The molecule has 0 radical (unpaired) electrons. The quantitative estimate of drug-likeness (QED) is 0.860. The predicted octanol–water partition coefficient (Wildman–Crippen LogP) is 2.45. The molecule has 1 atom stereocenters. The zero-order valence-corrected chi connectivity index (χ0v) is 12.4. The van der Waals surface area contributed by atoms with Crippen LogP contribution in [0.4, 0.5) is 0 Å². The summed E-state index contributed by atoms with van der Waals surface area (Å²) < 4.78 is 6.35. The number of hydrogen-bond acceptors (Lipinski definition) is 4. The van der Waals surface area contributed by atoms with Gasteiger partial charge in [0.05, 0.1) is 13.2 Å². The normalized spacial score (nSPS) is 12.2. The Morgan fingerprint density at radius 1 is 1.28 bits per heavy atom. The lowest BCUT2D eigenvalue weighted by Gasteiger charge is -2.16. The third-order valence-electron chi connectivity index (χ3n) is 2.74. The van der Waals surface area contributed by atoms with E-state index in [0.717, 1.165) is 9.13 Å². The van der Waals surface area contributed by atoms with Crippen LogP contribution < -0.4 is 10.5 Å². The van der Waals surface area contributed by atoms with Crippen molar-refractivity contribution in [2.24, 2.45) is 5.73 Å². The highest BCUT2D eigenvalue weighted by atomic mass is 127. The fraction of sp³-hybridized carbons (Fsp3) is 0.231. The molecule has 0 amide bonds. The summed E-state index contributed by atoms with van der Waals surface area (Å²) in [4.78, 5) is 8.41. The van der Waals surface area contributed by atoms with Crippen LogP contribution in [-0.4, -0.2) is 17.1 Å². The minimum absolute atomic E-state index is 0.333. The standard InChI is InChI=1S/C13H14IN3O/c1-8-4-3-5-9(10(8)14)11(15)12-13(18-2)17-7-6-16-12/h3-7,11H,15H2,1-2H3. The molecule has 5 heteroatoms. The van der Waals surface area contributed by atoms with Gasteiger partial charge in [0, 0.05) is 16.0 Å². The number of ether oxygens (including phenoxy) is 1. The minimum Gasteiger partial charge on any atom is -0.480 e. The molecule has 0 saturated heterocycles. The van der Waals surface area contributed by atoms with Crippen LogP contribution in [0.5, 0.6) is 5.88 Å². The number of nitrogens with two attached hydrogens (primary N) is 1. The summed E-state index contributed by atoms with van der Waals surface area (Å²) in [5, 5.41) is 0. The van der Waals surface area contributed by atoms with Crippen LogP contribution in [0.1, 0.15) is 22.9 Å². The Morgan fingerprint density at radius 3 is 2.72 bits per heavy atom. The molecule has 0 aliphatic heterocycles. The Bertz CT molecular complexity index is 560. The first-order valence-electron chi connectivity index (χ1n) is 5.50. The number of benzene rings is 1. The number of hydrogen-bond donors (Lipinski definition) is 1. The Balaban J connectivity index is 2.48. The lowest BCUT2D eigenvalue weighted by atomic mass is 10.0. The SMILES string of the molecule is COc1nccnc1C(N)c1cccc(C)c1I. The van der Waals surface area contributed by atoms with Gasteiger partial charge in [-0.25, -0.2) is 4.98 Å². The molecule has 1 aromatic heterocycles. The molecule has 0 spiro atoms. The van der Waals surface area contributed by atoms with Gasteiger partial charge in [-0.2, -0.15) is 0 Å². The summed E-state index contributed by atoms with van der Waals surface area (Å²) in [5.74, 6) is 0.474. The molecule has 2 rings (SSSR count). The minimum atomic E-state index is -0.333. The van der Waals surface area contributed by atoms with Crippen molar-refractivity contribution in [2.75, 3.05) is 7.11 Å². The van der Waals surface area contributed by atoms with E-state index in [1.54, 1.807) is 19.5 Å². The fourth-order valence-corrected chi connectivity index (χ4v) is 2.46. The number of nitrogens with zero attached hydrogens (tertiary/aromatic N) is 2. The van der Waals surface area contributed by atoms with Gasteiger partial charge < -0.3 is 10.5 Å². The maximum absolute atomic E-state index is 6.28. The molecule has 0 aliphatic rings. The summed E-state index contributed by atoms with van der Waals surface area (Å²) in [7, 11) is 1.57. The van der Waals surface area contributed by atoms with Gasteiger partial charge in [-0.05, 0) is 40.6 Å². The monoisotopic (exact) mass is 355 g/mol. The van der Waals surface area contributed by atoms with Crippen molar-refractivity contribution in [3.8, 4) is 5.88 Å². The summed E-state index contributed by atoms with van der Waals surface area (Å²) in [6.07, 6.45) is 3.22. The van der Waals surface area contributed by atoms with Gasteiger partial charge in [-0.15, -0.1) is 0 Å². The molecular weight excluding hydrogens is 341 g/mol. The average Bonchev–Trinajstić information content (AvgIpc) is 2.41. The van der Waals surface area contributed by atoms with E-state index in [9.17, 15) is 0 Å². The van der Waals surface area contributed by atoms with Crippen LogP contribution in [-0.2, 0) is 0 Å². The molecule has 0 fully saturated rings. The third kappa shape index (κ3) is 2.46.